The van der Waals surface area contributed by atoms with Gasteiger partial charge in [0.15, 0.2) is 5.65 Å². The smallest absolute Gasteiger partial charge is 0.332 e. The van der Waals surface area contributed by atoms with E-state index in [1.807, 2.05) is 39.8 Å². The molecule has 3 aromatic rings. The van der Waals surface area contributed by atoms with E-state index in [2.05, 4.69) is 22.4 Å². The third-order valence-corrected chi connectivity index (χ3v) is 7.37. The van der Waals surface area contributed by atoms with Crippen LogP contribution in [0.3, 0.4) is 0 Å². The molecule has 0 spiro atoms. The van der Waals surface area contributed by atoms with Crippen LogP contribution >= 0.6 is 11.8 Å². The maximum Gasteiger partial charge on any atom is 0.332 e. The van der Waals surface area contributed by atoms with Gasteiger partial charge in [0.25, 0.3) is 5.56 Å². The van der Waals surface area contributed by atoms with E-state index in [9.17, 15) is 14.4 Å². The van der Waals surface area contributed by atoms with E-state index in [0.717, 1.165) is 23.8 Å². The van der Waals surface area contributed by atoms with E-state index < -0.39 is 21.9 Å². The lowest BCUT2D eigenvalue weighted by Gasteiger charge is -2.27. The zero-order valence-electron chi connectivity index (χ0n) is 20.5. The molecule has 1 aliphatic rings. The van der Waals surface area contributed by atoms with E-state index in [1.165, 1.54) is 34.5 Å². The molecule has 0 saturated carbocycles. The predicted molar refractivity (Wildman–Crippen MR) is 134 cm³/mol. The third kappa shape index (κ3) is 4.41. The van der Waals surface area contributed by atoms with Crippen molar-refractivity contribution in [2.24, 2.45) is 14.1 Å². The summed E-state index contributed by atoms with van der Waals surface area (Å²) in [5, 5.41) is 3.36. The lowest BCUT2D eigenvalue weighted by molar-refractivity contribution is -0.121. The number of benzene rings is 1. The highest BCUT2D eigenvalue weighted by molar-refractivity contribution is 8.00. The molecule has 0 radical (unpaired) electrons. The van der Waals surface area contributed by atoms with Crippen LogP contribution in [0.25, 0.3) is 11.0 Å². The lowest BCUT2D eigenvalue weighted by atomic mass is 9.88. The molecule has 2 heterocycles. The zero-order chi connectivity index (χ0) is 24.8. The molecule has 1 N–H and O–H groups in total. The number of fused-ring (bicyclic) bond motifs is 2. The number of aromatic nitrogens is 4. The molecule has 8 nitrogen and oxygen atoms in total. The molecular weight excluding hydrogens is 450 g/mol. The molecule has 4 rings (SSSR count). The highest BCUT2D eigenvalue weighted by atomic mass is 32.2. The molecule has 0 fully saturated rings. The van der Waals surface area contributed by atoms with Gasteiger partial charge in [-0.3, -0.25) is 18.7 Å². The van der Waals surface area contributed by atoms with Crippen LogP contribution in [-0.2, 0) is 30.7 Å². The van der Waals surface area contributed by atoms with Crippen LogP contribution in [0.15, 0.2) is 38.9 Å². The second-order valence-electron chi connectivity index (χ2n) is 9.92. The van der Waals surface area contributed by atoms with Gasteiger partial charge in [0.1, 0.15) is 16.2 Å². The molecule has 2 atom stereocenters. The van der Waals surface area contributed by atoms with Crippen LogP contribution in [0.4, 0.5) is 0 Å². The summed E-state index contributed by atoms with van der Waals surface area (Å²) in [5.41, 5.74) is 1.41. The summed E-state index contributed by atoms with van der Waals surface area (Å²) in [6.45, 7) is 7.72. The number of nitrogens with one attached hydrogen (secondary N) is 1. The van der Waals surface area contributed by atoms with E-state index in [4.69, 9.17) is 4.98 Å². The summed E-state index contributed by atoms with van der Waals surface area (Å²) in [5.74, 6) is 0.400. The van der Waals surface area contributed by atoms with Crippen molar-refractivity contribution >= 4 is 28.7 Å². The highest BCUT2D eigenvalue weighted by Gasteiger charge is 2.28. The van der Waals surface area contributed by atoms with Crippen LogP contribution in [0, 0.1) is 0 Å². The fraction of sp³-hybridized carbons (Fsp3) is 0.480. The molecule has 0 aliphatic heterocycles. The van der Waals surface area contributed by atoms with Crippen LogP contribution < -0.4 is 16.6 Å². The molecule has 0 bridgehead atoms. The van der Waals surface area contributed by atoms with Crippen molar-refractivity contribution in [2.75, 3.05) is 0 Å². The molecule has 180 valence electrons. The Labute approximate surface area is 202 Å². The molecule has 1 aromatic carbocycles. The fourth-order valence-electron chi connectivity index (χ4n) is 4.26. The van der Waals surface area contributed by atoms with Gasteiger partial charge in [-0.05, 0) is 37.3 Å². The monoisotopic (exact) mass is 481 g/mol. The van der Waals surface area contributed by atoms with Gasteiger partial charge in [-0.25, -0.2) is 14.8 Å². The maximum atomic E-state index is 13.2. The Balaban J connectivity index is 1.70. The molecule has 0 saturated heterocycles. The van der Waals surface area contributed by atoms with E-state index in [1.54, 1.807) is 7.05 Å². The molecule has 1 amide bonds. The summed E-state index contributed by atoms with van der Waals surface area (Å²) in [6.07, 6.45) is 2.95. The van der Waals surface area contributed by atoms with Crippen molar-refractivity contribution in [3.63, 3.8) is 0 Å². The SMILES string of the molecule is C[C@H](Sc1nc(C(C)(C)C)nc2c1c(=O)n(C)c(=O)n2C)C(=O)N[C@H]1CCCc2ccccc21. The Bertz CT molecular complexity index is 1390. The van der Waals surface area contributed by atoms with Crippen LogP contribution in [-0.4, -0.2) is 30.3 Å². The number of amides is 1. The predicted octanol–water partition coefficient (Wildman–Crippen LogP) is 3.00. The summed E-state index contributed by atoms with van der Waals surface area (Å²) in [4.78, 5) is 48.0. The number of carbonyl (C=O) groups is 1. The average molecular weight is 482 g/mol. The minimum absolute atomic E-state index is 0.0264. The molecule has 9 heteroatoms. The first-order valence-corrected chi connectivity index (χ1v) is 12.4. The number of thioether (sulfide) groups is 1. The number of nitrogens with zero attached hydrogens (tertiary/aromatic N) is 4. The van der Waals surface area contributed by atoms with Crippen molar-refractivity contribution in [3.8, 4) is 0 Å². The van der Waals surface area contributed by atoms with E-state index in [-0.39, 0.29) is 23.0 Å². The van der Waals surface area contributed by atoms with Crippen LogP contribution in [0.5, 0.6) is 0 Å². The molecule has 0 unspecified atom stereocenters. The highest BCUT2D eigenvalue weighted by Crippen LogP contribution is 2.32. The van der Waals surface area contributed by atoms with Crippen molar-refractivity contribution in [1.82, 2.24) is 24.4 Å². The molecule has 2 aromatic heterocycles. The Morgan fingerprint density at radius 1 is 1.15 bits per heavy atom. The van der Waals surface area contributed by atoms with Gasteiger partial charge in [0.05, 0.1) is 11.3 Å². The van der Waals surface area contributed by atoms with Crippen LogP contribution in [0.1, 0.15) is 63.5 Å². The Morgan fingerprint density at radius 2 is 1.85 bits per heavy atom. The normalized spacial score (nSPS) is 16.8. The number of carbonyl (C=O) groups excluding carboxylic acids is 1. The minimum Gasteiger partial charge on any atom is -0.348 e. The van der Waals surface area contributed by atoms with Crippen molar-refractivity contribution in [3.05, 3.63) is 62.1 Å². The number of hydrogen-bond acceptors (Lipinski definition) is 6. The average Bonchev–Trinajstić information content (AvgIpc) is 2.80. The first-order valence-electron chi connectivity index (χ1n) is 11.5. The minimum atomic E-state index is -0.498. The van der Waals surface area contributed by atoms with Gasteiger partial charge in [0.2, 0.25) is 5.91 Å². The fourth-order valence-corrected chi connectivity index (χ4v) is 5.21. The lowest BCUT2D eigenvalue weighted by Crippen LogP contribution is -2.38. The third-order valence-electron chi connectivity index (χ3n) is 6.28. The van der Waals surface area contributed by atoms with Crippen molar-refractivity contribution in [1.29, 1.82) is 0 Å². The van der Waals surface area contributed by atoms with Crippen LogP contribution in [0.2, 0.25) is 0 Å². The van der Waals surface area contributed by atoms with Gasteiger partial charge in [-0.2, -0.15) is 0 Å². The largest absolute Gasteiger partial charge is 0.348 e. The first kappa shape index (κ1) is 24.2. The molecule has 1 aliphatic carbocycles. The molecular formula is C25H31N5O3S. The maximum absolute atomic E-state index is 13.2. The van der Waals surface area contributed by atoms with E-state index >= 15 is 0 Å². The van der Waals surface area contributed by atoms with Crippen molar-refractivity contribution < 1.29 is 4.79 Å². The van der Waals surface area contributed by atoms with E-state index in [0.29, 0.717) is 10.9 Å². The Kier molecular flexibility index (Phi) is 6.42. The van der Waals surface area contributed by atoms with Gasteiger partial charge in [-0.15, -0.1) is 0 Å². The van der Waals surface area contributed by atoms with Gasteiger partial charge < -0.3 is 5.32 Å². The quantitative estimate of drug-likeness (QED) is 0.454. The van der Waals surface area contributed by atoms with Gasteiger partial charge >= 0.3 is 5.69 Å². The summed E-state index contributed by atoms with van der Waals surface area (Å²) in [7, 11) is 3.03. The second kappa shape index (κ2) is 9.02. The Morgan fingerprint density at radius 3 is 2.56 bits per heavy atom. The zero-order valence-corrected chi connectivity index (χ0v) is 21.3. The van der Waals surface area contributed by atoms with Gasteiger partial charge in [-0.1, -0.05) is 56.8 Å². The standard InChI is InChI=1S/C25H31N5O3S/c1-14(20(31)26-17-13-9-11-15-10-7-8-12-16(15)17)34-21-18-19(27-23(28-21)25(2,3)4)29(5)24(33)30(6)22(18)32/h7-8,10,12,14,17H,9,11,13H2,1-6H3,(H,26,31)/t14-,17-/m0/s1. The summed E-state index contributed by atoms with van der Waals surface area (Å²) < 4.78 is 2.41. The Hall–Kier alpha value is -2.94. The number of rotatable bonds is 4. The van der Waals surface area contributed by atoms with Crippen molar-refractivity contribution in [2.45, 2.75) is 68.7 Å². The topological polar surface area (TPSA) is 98.9 Å². The first-order chi connectivity index (χ1) is 16.0. The second-order valence-corrected chi connectivity index (χ2v) is 11.2. The number of aryl methyl sites for hydroxylation is 2. The summed E-state index contributed by atoms with van der Waals surface area (Å²) >= 11 is 1.23. The molecule has 34 heavy (non-hydrogen) atoms. The number of hydrogen-bond donors (Lipinski definition) is 1. The summed E-state index contributed by atoms with van der Waals surface area (Å²) in [6, 6.07) is 8.20. The van der Waals surface area contributed by atoms with Gasteiger partial charge in [0, 0.05) is 19.5 Å².